The van der Waals surface area contributed by atoms with E-state index in [2.05, 4.69) is 56.3 Å². The van der Waals surface area contributed by atoms with Crippen LogP contribution in [0.4, 0.5) is 5.69 Å². The molecule has 100 valence electrons. The third-order valence-corrected chi connectivity index (χ3v) is 3.74. The zero-order valence-electron chi connectivity index (χ0n) is 11.1. The molecule has 3 rings (SSSR count). The normalized spacial score (nSPS) is 10.7. The van der Waals surface area contributed by atoms with E-state index in [1.807, 2.05) is 30.5 Å². The van der Waals surface area contributed by atoms with Crippen molar-refractivity contribution in [3.8, 4) is 0 Å². The summed E-state index contributed by atoms with van der Waals surface area (Å²) in [6, 6.07) is 14.1. The standard InChI is InChI=1S/C16H14BrN3/c1-11-6-7-14(13(17)8-11)18-9-12-10-19-15-4-2-3-5-16(15)20-12/h2-8,10,18H,9H2,1H3. The minimum atomic E-state index is 0.652. The van der Waals surface area contributed by atoms with Crippen LogP contribution in [-0.4, -0.2) is 9.97 Å². The minimum Gasteiger partial charge on any atom is -0.378 e. The van der Waals surface area contributed by atoms with Crippen molar-refractivity contribution in [2.24, 2.45) is 0 Å². The molecule has 0 saturated carbocycles. The predicted octanol–water partition coefficient (Wildman–Crippen LogP) is 4.31. The first-order valence-electron chi connectivity index (χ1n) is 6.43. The van der Waals surface area contributed by atoms with Crippen molar-refractivity contribution in [1.82, 2.24) is 9.97 Å². The van der Waals surface area contributed by atoms with Crippen LogP contribution >= 0.6 is 15.9 Å². The van der Waals surface area contributed by atoms with Crippen molar-refractivity contribution in [1.29, 1.82) is 0 Å². The van der Waals surface area contributed by atoms with Crippen molar-refractivity contribution in [2.45, 2.75) is 13.5 Å². The third-order valence-electron chi connectivity index (χ3n) is 3.08. The lowest BCUT2D eigenvalue weighted by Gasteiger charge is -2.09. The number of nitrogens with zero attached hydrogens (tertiary/aromatic N) is 2. The molecule has 3 aromatic rings. The van der Waals surface area contributed by atoms with E-state index < -0.39 is 0 Å². The second kappa shape index (κ2) is 5.59. The zero-order chi connectivity index (χ0) is 13.9. The SMILES string of the molecule is Cc1ccc(NCc2cnc3ccccc3n2)c(Br)c1. The maximum absolute atomic E-state index is 4.60. The summed E-state index contributed by atoms with van der Waals surface area (Å²) in [6.45, 7) is 2.73. The molecular weight excluding hydrogens is 314 g/mol. The number of fused-ring (bicyclic) bond motifs is 1. The second-order valence-electron chi connectivity index (χ2n) is 4.69. The van der Waals surface area contributed by atoms with Crippen LogP contribution in [0.1, 0.15) is 11.3 Å². The Morgan fingerprint density at radius 3 is 2.70 bits per heavy atom. The average molecular weight is 328 g/mol. The van der Waals surface area contributed by atoms with Crippen molar-refractivity contribution in [2.75, 3.05) is 5.32 Å². The molecule has 3 nitrogen and oxygen atoms in total. The van der Waals surface area contributed by atoms with Gasteiger partial charge >= 0.3 is 0 Å². The Bertz CT molecular complexity index is 756. The molecule has 0 atom stereocenters. The summed E-state index contributed by atoms with van der Waals surface area (Å²) >= 11 is 3.56. The number of aromatic nitrogens is 2. The molecule has 20 heavy (non-hydrogen) atoms. The van der Waals surface area contributed by atoms with E-state index in [-0.39, 0.29) is 0 Å². The fraction of sp³-hybridized carbons (Fsp3) is 0.125. The molecule has 0 amide bonds. The van der Waals surface area contributed by atoms with Gasteiger partial charge < -0.3 is 5.32 Å². The minimum absolute atomic E-state index is 0.652. The number of aryl methyl sites for hydroxylation is 1. The van der Waals surface area contributed by atoms with Gasteiger partial charge in [-0.3, -0.25) is 4.98 Å². The summed E-state index contributed by atoms with van der Waals surface area (Å²) in [7, 11) is 0. The number of para-hydroxylation sites is 2. The summed E-state index contributed by atoms with van der Waals surface area (Å²) in [5, 5.41) is 3.37. The van der Waals surface area contributed by atoms with Gasteiger partial charge in [0.15, 0.2) is 0 Å². The summed E-state index contributed by atoms with van der Waals surface area (Å²) < 4.78 is 1.06. The van der Waals surface area contributed by atoms with E-state index in [0.29, 0.717) is 6.54 Å². The van der Waals surface area contributed by atoms with Crippen molar-refractivity contribution in [3.63, 3.8) is 0 Å². The van der Waals surface area contributed by atoms with Gasteiger partial charge in [-0.25, -0.2) is 4.98 Å². The summed E-state index contributed by atoms with van der Waals surface area (Å²) in [6.07, 6.45) is 1.82. The molecule has 0 aliphatic rings. The Kier molecular flexibility index (Phi) is 3.65. The molecule has 4 heteroatoms. The van der Waals surface area contributed by atoms with E-state index in [4.69, 9.17) is 0 Å². The number of anilines is 1. The van der Waals surface area contributed by atoms with Crippen LogP contribution in [-0.2, 0) is 6.54 Å². The maximum atomic E-state index is 4.60. The number of benzene rings is 2. The Balaban J connectivity index is 1.79. The molecule has 0 aliphatic heterocycles. The molecule has 0 spiro atoms. The highest BCUT2D eigenvalue weighted by Gasteiger charge is 2.02. The molecule has 1 N–H and O–H groups in total. The van der Waals surface area contributed by atoms with Crippen molar-refractivity contribution < 1.29 is 0 Å². The quantitative estimate of drug-likeness (QED) is 0.778. The number of rotatable bonds is 3. The second-order valence-corrected chi connectivity index (χ2v) is 5.54. The molecule has 0 fully saturated rings. The van der Waals surface area contributed by atoms with Gasteiger partial charge in [0.05, 0.1) is 29.5 Å². The van der Waals surface area contributed by atoms with Crippen LogP contribution < -0.4 is 5.32 Å². The Morgan fingerprint density at radius 2 is 1.90 bits per heavy atom. The fourth-order valence-corrected chi connectivity index (χ4v) is 2.66. The largest absolute Gasteiger partial charge is 0.378 e. The molecule has 0 bridgehead atoms. The van der Waals surface area contributed by atoms with Gasteiger partial charge in [0, 0.05) is 10.2 Å². The van der Waals surface area contributed by atoms with Crippen LogP contribution in [0.5, 0.6) is 0 Å². The van der Waals surface area contributed by atoms with E-state index in [0.717, 1.165) is 26.9 Å². The first-order chi connectivity index (χ1) is 9.72. The number of hydrogen-bond acceptors (Lipinski definition) is 3. The zero-order valence-corrected chi connectivity index (χ0v) is 12.7. The number of nitrogens with one attached hydrogen (secondary N) is 1. The average Bonchev–Trinajstić information content (AvgIpc) is 2.46. The monoisotopic (exact) mass is 327 g/mol. The van der Waals surface area contributed by atoms with E-state index >= 15 is 0 Å². The molecule has 1 aromatic heterocycles. The summed E-state index contributed by atoms with van der Waals surface area (Å²) in [5.74, 6) is 0. The Morgan fingerprint density at radius 1 is 1.10 bits per heavy atom. The molecule has 2 aromatic carbocycles. The van der Waals surface area contributed by atoms with Crippen LogP contribution in [0.15, 0.2) is 53.1 Å². The lowest BCUT2D eigenvalue weighted by atomic mass is 10.2. The predicted molar refractivity (Wildman–Crippen MR) is 85.7 cm³/mol. The number of hydrogen-bond donors (Lipinski definition) is 1. The van der Waals surface area contributed by atoms with Gasteiger partial charge in [0.1, 0.15) is 0 Å². The van der Waals surface area contributed by atoms with Crippen molar-refractivity contribution >= 4 is 32.7 Å². The van der Waals surface area contributed by atoms with Gasteiger partial charge in [0.25, 0.3) is 0 Å². The van der Waals surface area contributed by atoms with E-state index in [1.165, 1.54) is 5.56 Å². The fourth-order valence-electron chi connectivity index (χ4n) is 2.03. The van der Waals surface area contributed by atoms with Gasteiger partial charge in [-0.15, -0.1) is 0 Å². The topological polar surface area (TPSA) is 37.8 Å². The summed E-state index contributed by atoms with van der Waals surface area (Å²) in [5.41, 5.74) is 5.07. The highest BCUT2D eigenvalue weighted by Crippen LogP contribution is 2.23. The number of halogens is 1. The van der Waals surface area contributed by atoms with Crippen LogP contribution in [0, 0.1) is 6.92 Å². The van der Waals surface area contributed by atoms with Gasteiger partial charge in [-0.05, 0) is 52.7 Å². The molecular formula is C16H14BrN3. The highest BCUT2D eigenvalue weighted by atomic mass is 79.9. The molecule has 0 radical (unpaired) electrons. The molecule has 0 aliphatic carbocycles. The van der Waals surface area contributed by atoms with E-state index in [1.54, 1.807) is 0 Å². The van der Waals surface area contributed by atoms with Gasteiger partial charge in [-0.1, -0.05) is 18.2 Å². The van der Waals surface area contributed by atoms with E-state index in [9.17, 15) is 0 Å². The molecule has 0 saturated heterocycles. The molecule has 1 heterocycles. The Labute approximate surface area is 126 Å². The third kappa shape index (κ3) is 2.80. The first kappa shape index (κ1) is 13.1. The van der Waals surface area contributed by atoms with Crippen LogP contribution in [0.2, 0.25) is 0 Å². The lowest BCUT2D eigenvalue weighted by molar-refractivity contribution is 1.04. The highest BCUT2D eigenvalue weighted by molar-refractivity contribution is 9.10. The van der Waals surface area contributed by atoms with Gasteiger partial charge in [-0.2, -0.15) is 0 Å². The first-order valence-corrected chi connectivity index (χ1v) is 7.22. The van der Waals surface area contributed by atoms with Crippen LogP contribution in [0.3, 0.4) is 0 Å². The maximum Gasteiger partial charge on any atom is 0.0890 e. The molecule has 0 unspecified atom stereocenters. The summed E-state index contributed by atoms with van der Waals surface area (Å²) in [4.78, 5) is 9.01. The Hall–Kier alpha value is -1.94. The van der Waals surface area contributed by atoms with Crippen LogP contribution in [0.25, 0.3) is 11.0 Å². The van der Waals surface area contributed by atoms with Crippen molar-refractivity contribution in [3.05, 3.63) is 64.4 Å². The smallest absolute Gasteiger partial charge is 0.0890 e. The van der Waals surface area contributed by atoms with Gasteiger partial charge in [0.2, 0.25) is 0 Å². The lowest BCUT2D eigenvalue weighted by Crippen LogP contribution is -2.03.